The van der Waals surface area contributed by atoms with Gasteiger partial charge in [0.25, 0.3) is 5.69 Å². The van der Waals surface area contributed by atoms with E-state index in [0.29, 0.717) is 5.69 Å². The topological polar surface area (TPSA) is 96.2 Å². The average Bonchev–Trinajstić information content (AvgIpc) is 2.48. The standard InChI is InChI=1S/C7H6N2O4/c10-7(11)2-1-5-3-6(4-8-5)9(12)13/h1-4,8H,(H,10,11). The first-order chi connectivity index (χ1) is 6.09. The van der Waals surface area contributed by atoms with Crippen LogP contribution < -0.4 is 0 Å². The maximum Gasteiger partial charge on any atom is 0.328 e. The second kappa shape index (κ2) is 3.53. The minimum Gasteiger partial charge on any atom is -0.478 e. The van der Waals surface area contributed by atoms with E-state index in [1.165, 1.54) is 18.3 Å². The molecule has 0 spiro atoms. The van der Waals surface area contributed by atoms with Crippen molar-refractivity contribution in [2.24, 2.45) is 0 Å². The maximum absolute atomic E-state index is 10.2. The lowest BCUT2D eigenvalue weighted by Gasteiger charge is -1.81. The molecular formula is C7H6N2O4. The van der Waals surface area contributed by atoms with E-state index >= 15 is 0 Å². The monoisotopic (exact) mass is 182 g/mol. The molecule has 0 bridgehead atoms. The number of aromatic amines is 1. The number of nitro groups is 1. The van der Waals surface area contributed by atoms with Crippen LogP contribution in [0.2, 0.25) is 0 Å². The van der Waals surface area contributed by atoms with Gasteiger partial charge in [-0.05, 0) is 6.08 Å². The summed E-state index contributed by atoms with van der Waals surface area (Å²) in [5.74, 6) is -1.10. The molecule has 6 nitrogen and oxygen atoms in total. The van der Waals surface area contributed by atoms with Gasteiger partial charge in [-0.15, -0.1) is 0 Å². The summed E-state index contributed by atoms with van der Waals surface area (Å²) < 4.78 is 0. The lowest BCUT2D eigenvalue weighted by molar-refractivity contribution is -0.384. The molecule has 68 valence electrons. The van der Waals surface area contributed by atoms with Crippen molar-refractivity contribution in [1.29, 1.82) is 0 Å². The van der Waals surface area contributed by atoms with E-state index in [0.717, 1.165) is 6.08 Å². The molecule has 6 heteroatoms. The molecule has 1 aromatic rings. The normalized spacial score (nSPS) is 10.5. The molecule has 0 saturated carbocycles. The molecular weight excluding hydrogens is 176 g/mol. The van der Waals surface area contributed by atoms with Gasteiger partial charge in [-0.1, -0.05) is 0 Å². The highest BCUT2D eigenvalue weighted by Crippen LogP contribution is 2.12. The number of nitrogens with one attached hydrogen (secondary N) is 1. The number of carboxylic acid groups (broad SMARTS) is 1. The van der Waals surface area contributed by atoms with E-state index in [4.69, 9.17) is 5.11 Å². The SMILES string of the molecule is O=C(O)C=Cc1cc([N+](=O)[O-])c[nH]1. The van der Waals surface area contributed by atoms with E-state index in [1.54, 1.807) is 0 Å². The summed E-state index contributed by atoms with van der Waals surface area (Å²) in [5.41, 5.74) is 0.291. The molecule has 0 amide bonds. The molecule has 0 aromatic carbocycles. The third-order valence-corrected chi connectivity index (χ3v) is 1.31. The van der Waals surface area contributed by atoms with Gasteiger partial charge in [0.15, 0.2) is 0 Å². The van der Waals surface area contributed by atoms with Crippen molar-refractivity contribution in [3.05, 3.63) is 34.1 Å². The van der Waals surface area contributed by atoms with Crippen molar-refractivity contribution in [2.45, 2.75) is 0 Å². The first kappa shape index (κ1) is 8.98. The molecule has 1 heterocycles. The van der Waals surface area contributed by atoms with Crippen LogP contribution in [0, 0.1) is 10.1 Å². The fraction of sp³-hybridized carbons (Fsp3) is 0. The quantitative estimate of drug-likeness (QED) is 0.414. The van der Waals surface area contributed by atoms with Gasteiger partial charge in [0.1, 0.15) is 0 Å². The van der Waals surface area contributed by atoms with Crippen molar-refractivity contribution in [3.8, 4) is 0 Å². The summed E-state index contributed by atoms with van der Waals surface area (Å²) in [4.78, 5) is 22.3. The highest BCUT2D eigenvalue weighted by Gasteiger charge is 2.06. The Labute approximate surface area is 72.7 Å². The molecule has 2 N–H and O–H groups in total. The van der Waals surface area contributed by atoms with Crippen molar-refractivity contribution >= 4 is 17.7 Å². The summed E-state index contributed by atoms with van der Waals surface area (Å²) in [6, 6.07) is 1.25. The molecule has 1 aromatic heterocycles. The Bertz CT molecular complexity index is 366. The van der Waals surface area contributed by atoms with Crippen LogP contribution in [0.25, 0.3) is 6.08 Å². The summed E-state index contributed by atoms with van der Waals surface area (Å²) in [6.45, 7) is 0. The predicted octanol–water partition coefficient (Wildman–Crippen LogP) is 1.02. The van der Waals surface area contributed by atoms with Gasteiger partial charge in [-0.3, -0.25) is 10.1 Å². The second-order valence-corrected chi connectivity index (χ2v) is 2.24. The Morgan fingerprint density at radius 1 is 1.69 bits per heavy atom. The van der Waals surface area contributed by atoms with E-state index in [2.05, 4.69) is 4.98 Å². The minimum absolute atomic E-state index is 0.0926. The molecule has 0 radical (unpaired) electrons. The molecule has 13 heavy (non-hydrogen) atoms. The maximum atomic E-state index is 10.2. The van der Waals surface area contributed by atoms with E-state index in [9.17, 15) is 14.9 Å². The largest absolute Gasteiger partial charge is 0.478 e. The summed E-state index contributed by atoms with van der Waals surface area (Å²) >= 11 is 0. The fourth-order valence-electron chi connectivity index (χ4n) is 0.763. The van der Waals surface area contributed by atoms with E-state index in [-0.39, 0.29) is 5.69 Å². The van der Waals surface area contributed by atoms with Gasteiger partial charge in [0.05, 0.1) is 11.1 Å². The van der Waals surface area contributed by atoms with Gasteiger partial charge < -0.3 is 10.1 Å². The summed E-state index contributed by atoms with van der Waals surface area (Å²) in [5, 5.41) is 18.5. The number of aliphatic carboxylic acids is 1. The van der Waals surface area contributed by atoms with Crippen molar-refractivity contribution < 1.29 is 14.8 Å². The number of H-pyrrole nitrogens is 1. The van der Waals surface area contributed by atoms with Gasteiger partial charge in [0.2, 0.25) is 0 Å². The Morgan fingerprint density at radius 2 is 2.38 bits per heavy atom. The number of hydrogen-bond donors (Lipinski definition) is 2. The van der Waals surface area contributed by atoms with Crippen LogP contribution >= 0.6 is 0 Å². The van der Waals surface area contributed by atoms with Crippen LogP contribution in [-0.2, 0) is 4.79 Å². The first-order valence-electron chi connectivity index (χ1n) is 3.33. The number of nitrogens with zero attached hydrogens (tertiary/aromatic N) is 1. The number of carbonyl (C=O) groups is 1. The molecule has 1 rings (SSSR count). The van der Waals surface area contributed by atoms with E-state index < -0.39 is 10.9 Å². The van der Waals surface area contributed by atoms with E-state index in [1.807, 2.05) is 0 Å². The number of carboxylic acids is 1. The lowest BCUT2D eigenvalue weighted by Crippen LogP contribution is -1.85. The number of aromatic nitrogens is 1. The van der Waals surface area contributed by atoms with Gasteiger partial charge >= 0.3 is 5.97 Å². The van der Waals surface area contributed by atoms with Gasteiger partial charge in [-0.2, -0.15) is 0 Å². The Hall–Kier alpha value is -2.11. The molecule has 0 atom stereocenters. The van der Waals surface area contributed by atoms with Gasteiger partial charge in [0, 0.05) is 17.8 Å². The highest BCUT2D eigenvalue weighted by atomic mass is 16.6. The zero-order valence-corrected chi connectivity index (χ0v) is 6.43. The molecule has 0 aliphatic heterocycles. The Balaban J connectivity index is 2.80. The summed E-state index contributed by atoms with van der Waals surface area (Å²) in [7, 11) is 0. The fourth-order valence-corrected chi connectivity index (χ4v) is 0.763. The molecule has 0 unspecified atom stereocenters. The summed E-state index contributed by atoms with van der Waals surface area (Å²) in [6.07, 6.45) is 3.34. The average molecular weight is 182 g/mol. The second-order valence-electron chi connectivity index (χ2n) is 2.24. The van der Waals surface area contributed by atoms with Gasteiger partial charge in [-0.25, -0.2) is 4.79 Å². The zero-order chi connectivity index (χ0) is 9.84. The molecule has 0 aliphatic carbocycles. The Kier molecular flexibility index (Phi) is 2.44. The molecule has 0 fully saturated rings. The molecule has 0 aliphatic rings. The lowest BCUT2D eigenvalue weighted by atomic mass is 10.3. The number of rotatable bonds is 3. The van der Waals surface area contributed by atoms with Crippen LogP contribution in [0.4, 0.5) is 5.69 Å². The smallest absolute Gasteiger partial charge is 0.328 e. The Morgan fingerprint density at radius 3 is 2.85 bits per heavy atom. The molecule has 0 saturated heterocycles. The van der Waals surface area contributed by atoms with Crippen LogP contribution in [0.15, 0.2) is 18.3 Å². The van der Waals surface area contributed by atoms with Crippen LogP contribution in [0.5, 0.6) is 0 Å². The third-order valence-electron chi connectivity index (χ3n) is 1.31. The minimum atomic E-state index is -1.10. The van der Waals surface area contributed by atoms with Crippen molar-refractivity contribution in [3.63, 3.8) is 0 Å². The highest BCUT2D eigenvalue weighted by molar-refractivity contribution is 5.85. The van der Waals surface area contributed by atoms with Crippen molar-refractivity contribution in [1.82, 2.24) is 4.98 Å². The van der Waals surface area contributed by atoms with Crippen LogP contribution in [-0.4, -0.2) is 21.0 Å². The van der Waals surface area contributed by atoms with Crippen LogP contribution in [0.1, 0.15) is 5.69 Å². The number of hydrogen-bond acceptors (Lipinski definition) is 3. The first-order valence-corrected chi connectivity index (χ1v) is 3.33. The predicted molar refractivity (Wildman–Crippen MR) is 44.1 cm³/mol. The van der Waals surface area contributed by atoms with Crippen molar-refractivity contribution in [2.75, 3.05) is 0 Å². The third kappa shape index (κ3) is 2.44. The zero-order valence-electron chi connectivity index (χ0n) is 6.43. The van der Waals surface area contributed by atoms with Crippen LogP contribution in [0.3, 0.4) is 0 Å².